The summed E-state index contributed by atoms with van der Waals surface area (Å²) < 4.78 is 8.49. The van der Waals surface area contributed by atoms with Gasteiger partial charge in [0.05, 0.1) is 0 Å². The van der Waals surface area contributed by atoms with Crippen LogP contribution in [-0.4, -0.2) is 28.3 Å². The first kappa shape index (κ1) is 24.5. The van der Waals surface area contributed by atoms with Gasteiger partial charge in [-0.05, 0) is 54.3 Å². The second kappa shape index (κ2) is 11.7. The van der Waals surface area contributed by atoms with E-state index in [0.29, 0.717) is 12.5 Å². The van der Waals surface area contributed by atoms with Crippen molar-refractivity contribution in [2.75, 3.05) is 28.2 Å². The third-order valence-corrected chi connectivity index (χ3v) is 7.50. The Balaban J connectivity index is 1.30. The first-order valence-corrected chi connectivity index (χ1v) is 13.6. The molecule has 9 heteroatoms. The van der Waals surface area contributed by atoms with Gasteiger partial charge in [-0.25, -0.2) is 9.78 Å². The van der Waals surface area contributed by atoms with Crippen LogP contribution in [0.25, 0.3) is 11.1 Å². The van der Waals surface area contributed by atoms with Gasteiger partial charge in [-0.2, -0.15) is 4.98 Å². The van der Waals surface area contributed by atoms with Crippen molar-refractivity contribution < 1.29 is 4.79 Å². The van der Waals surface area contributed by atoms with Crippen molar-refractivity contribution in [2.24, 2.45) is 0 Å². The molecule has 0 saturated carbocycles. The number of fused-ring (bicyclic) bond motifs is 4. The van der Waals surface area contributed by atoms with Crippen LogP contribution in [0.5, 0.6) is 0 Å². The highest BCUT2D eigenvalue weighted by Gasteiger charge is 2.12. The molecule has 2 amide bonds. The molecular weight excluding hydrogens is 482 g/mol. The highest BCUT2D eigenvalue weighted by Crippen LogP contribution is 2.28. The summed E-state index contributed by atoms with van der Waals surface area (Å²) in [4.78, 5) is 22.5. The van der Waals surface area contributed by atoms with E-state index in [1.807, 2.05) is 85.1 Å². The highest BCUT2D eigenvalue weighted by molar-refractivity contribution is 7.86. The Kier molecular flexibility index (Phi) is 7.71. The third-order valence-electron chi connectivity index (χ3n) is 5.98. The lowest BCUT2D eigenvalue weighted by molar-refractivity contribution is 0.251. The summed E-state index contributed by atoms with van der Waals surface area (Å²) in [6.45, 7) is 1.19. The fourth-order valence-corrected chi connectivity index (χ4v) is 5.26. The molecule has 1 atom stereocenters. The fourth-order valence-electron chi connectivity index (χ4n) is 4.02. The number of hydrogen-bond acceptors (Lipinski definition) is 6. The summed E-state index contributed by atoms with van der Waals surface area (Å²) in [5.74, 6) is 2.13. The normalized spacial score (nSPS) is 15.1. The number of carbonyl (C=O) groups is 1. The Labute approximate surface area is 218 Å². The van der Waals surface area contributed by atoms with E-state index in [1.54, 1.807) is 0 Å². The Hall–Kier alpha value is -4.24. The quantitative estimate of drug-likeness (QED) is 0.225. The molecule has 1 aliphatic heterocycles. The summed E-state index contributed by atoms with van der Waals surface area (Å²) in [7, 11) is -0.529. The third kappa shape index (κ3) is 6.50. The van der Waals surface area contributed by atoms with Crippen molar-refractivity contribution >= 4 is 39.9 Å². The Morgan fingerprint density at radius 2 is 1.84 bits per heavy atom. The number of rotatable bonds is 4. The number of anilines is 4. The molecule has 5 N–H and O–H groups in total. The van der Waals surface area contributed by atoms with Crippen molar-refractivity contribution in [3.63, 3.8) is 0 Å². The lowest BCUT2D eigenvalue weighted by Crippen LogP contribution is -2.28. The number of amides is 2. The van der Waals surface area contributed by atoms with Crippen LogP contribution >= 0.6 is 0 Å². The number of urea groups is 1. The van der Waals surface area contributed by atoms with Gasteiger partial charge in [-0.3, -0.25) is 4.78 Å². The van der Waals surface area contributed by atoms with Gasteiger partial charge in [0, 0.05) is 46.9 Å². The lowest BCUT2D eigenvalue weighted by Gasteiger charge is -2.14. The molecule has 0 radical (unpaired) electrons. The summed E-state index contributed by atoms with van der Waals surface area (Å²) in [5.41, 5.74) is 4.53. The molecule has 8 nitrogen and oxygen atoms in total. The molecular formula is C28H29N7OS. The molecule has 5 rings (SSSR count). The molecule has 188 valence electrons. The molecule has 0 spiro atoms. The summed E-state index contributed by atoms with van der Waals surface area (Å²) >= 11 is 0. The van der Waals surface area contributed by atoms with Crippen molar-refractivity contribution in [1.82, 2.24) is 15.3 Å². The molecule has 37 heavy (non-hydrogen) atoms. The number of nitrogens with one attached hydrogen (secondary N) is 5. The van der Waals surface area contributed by atoms with Crippen molar-refractivity contribution in [1.29, 1.82) is 4.78 Å². The first-order valence-electron chi connectivity index (χ1n) is 12.2. The van der Waals surface area contributed by atoms with E-state index in [-0.39, 0.29) is 6.03 Å². The number of nitrogens with zero attached hydrogens (tertiary/aromatic N) is 2. The molecule has 1 aliphatic rings. The molecule has 4 aromatic rings. The topological polar surface area (TPSA) is 115 Å². The second-order valence-corrected chi connectivity index (χ2v) is 10.4. The molecule has 1 unspecified atom stereocenters. The zero-order valence-corrected chi connectivity index (χ0v) is 21.1. The second-order valence-electron chi connectivity index (χ2n) is 8.71. The average molecular weight is 512 g/mol. The fraction of sp³-hybridized carbons (Fsp3) is 0.179. The molecule has 3 aromatic carbocycles. The van der Waals surface area contributed by atoms with E-state index >= 15 is 0 Å². The van der Waals surface area contributed by atoms with Crippen LogP contribution in [0.1, 0.15) is 18.4 Å². The van der Waals surface area contributed by atoms with Crippen LogP contribution in [0, 0.1) is 4.78 Å². The lowest BCUT2D eigenvalue weighted by atomic mass is 10.1. The van der Waals surface area contributed by atoms with E-state index in [0.717, 1.165) is 63.9 Å². The van der Waals surface area contributed by atoms with Gasteiger partial charge in [-0.1, -0.05) is 59.2 Å². The zero-order valence-electron chi connectivity index (χ0n) is 20.3. The summed E-state index contributed by atoms with van der Waals surface area (Å²) in [6, 6.07) is 25.1. The molecule has 4 bridgehead atoms. The van der Waals surface area contributed by atoms with E-state index in [2.05, 4.69) is 26.3 Å². The number of hydrogen-bond donors (Lipinski definition) is 5. The van der Waals surface area contributed by atoms with E-state index < -0.39 is 10.7 Å². The molecule has 2 heterocycles. The van der Waals surface area contributed by atoms with E-state index in [4.69, 9.17) is 9.76 Å². The number of aromatic nitrogens is 2. The van der Waals surface area contributed by atoms with Gasteiger partial charge in [0.2, 0.25) is 5.95 Å². The minimum atomic E-state index is -0.529. The first-order chi connectivity index (χ1) is 18.1. The summed E-state index contributed by atoms with van der Waals surface area (Å²) in [5, 5.41) is 12.5. The standard InChI is InChI=1S/C28H29N7OS/c29-37-16-5-4-15-30-26-25(19-31-27(35-26)33-23-9-6-10-24(37)17-23)21-13-11-20(12-14-21)18-32-28(36)34-22-7-2-1-3-8-22/h1-3,6-14,17,19,29H,4-5,15-16,18H2,(H2,32,34,36)(H2,30,31,33,35). The van der Waals surface area contributed by atoms with Crippen LogP contribution in [0.15, 0.2) is 90.0 Å². The number of benzene rings is 3. The maximum Gasteiger partial charge on any atom is 0.319 e. The maximum atomic E-state index is 12.2. The maximum absolute atomic E-state index is 12.2. The molecule has 0 aliphatic carbocycles. The van der Waals surface area contributed by atoms with Gasteiger partial charge >= 0.3 is 6.03 Å². The molecule has 1 aromatic heterocycles. The SMILES string of the molecule is N=S1CCCCNc2nc(ncc2-c2ccc(CNC(=O)Nc3ccccc3)cc2)Nc2cccc1c2. The van der Waals surface area contributed by atoms with Gasteiger partial charge in [0.15, 0.2) is 0 Å². The predicted molar refractivity (Wildman–Crippen MR) is 150 cm³/mol. The Morgan fingerprint density at radius 1 is 1.00 bits per heavy atom. The minimum absolute atomic E-state index is 0.245. The van der Waals surface area contributed by atoms with E-state index in [1.165, 1.54) is 0 Å². The van der Waals surface area contributed by atoms with Gasteiger partial charge < -0.3 is 21.3 Å². The Bertz CT molecular complexity index is 1390. The average Bonchev–Trinajstić information content (AvgIpc) is 2.93. The van der Waals surface area contributed by atoms with Crippen LogP contribution in [-0.2, 0) is 17.2 Å². The number of carbonyl (C=O) groups excluding carboxylic acids is 1. The van der Waals surface area contributed by atoms with Gasteiger partial charge in [-0.15, -0.1) is 0 Å². The predicted octanol–water partition coefficient (Wildman–Crippen LogP) is 6.15. The van der Waals surface area contributed by atoms with Crippen LogP contribution in [0.2, 0.25) is 0 Å². The molecule has 0 saturated heterocycles. The van der Waals surface area contributed by atoms with Crippen LogP contribution in [0.4, 0.5) is 27.9 Å². The van der Waals surface area contributed by atoms with Crippen molar-refractivity contribution in [2.45, 2.75) is 24.3 Å². The summed E-state index contributed by atoms with van der Waals surface area (Å²) in [6.07, 6.45) is 3.77. The largest absolute Gasteiger partial charge is 0.369 e. The van der Waals surface area contributed by atoms with Crippen LogP contribution in [0.3, 0.4) is 0 Å². The van der Waals surface area contributed by atoms with Gasteiger partial charge in [0.1, 0.15) is 5.82 Å². The number of para-hydroxylation sites is 1. The van der Waals surface area contributed by atoms with E-state index in [9.17, 15) is 4.79 Å². The van der Waals surface area contributed by atoms with Crippen molar-refractivity contribution in [3.8, 4) is 11.1 Å². The van der Waals surface area contributed by atoms with Crippen molar-refractivity contribution in [3.05, 3.63) is 90.6 Å². The minimum Gasteiger partial charge on any atom is -0.369 e. The van der Waals surface area contributed by atoms with Crippen LogP contribution < -0.4 is 21.3 Å². The van der Waals surface area contributed by atoms with Gasteiger partial charge in [0.25, 0.3) is 0 Å². The molecule has 0 fully saturated rings. The highest BCUT2D eigenvalue weighted by atomic mass is 32.2. The smallest absolute Gasteiger partial charge is 0.319 e. The monoisotopic (exact) mass is 511 g/mol. The zero-order chi connectivity index (χ0) is 25.5. The Morgan fingerprint density at radius 3 is 2.68 bits per heavy atom.